The Labute approximate surface area is 165 Å². The molecule has 6 nitrogen and oxygen atoms in total. The number of benzene rings is 1. The van der Waals surface area contributed by atoms with Gasteiger partial charge in [0, 0.05) is 30.4 Å². The summed E-state index contributed by atoms with van der Waals surface area (Å²) < 4.78 is 5.51. The molecule has 0 atom stereocenters. The maximum Gasteiger partial charge on any atom is 0.241 e. The topological polar surface area (TPSA) is 67.9 Å². The van der Waals surface area contributed by atoms with Gasteiger partial charge in [0.2, 0.25) is 11.7 Å². The fraction of sp³-hybridized carbons (Fsp3) is 0.364. The van der Waals surface area contributed by atoms with Gasteiger partial charge < -0.3 is 4.52 Å². The van der Waals surface area contributed by atoms with Crippen LogP contribution in [0.4, 0.5) is 0 Å². The first-order valence-electron chi connectivity index (χ1n) is 9.59. The number of nitrogens with zero attached hydrogens (tertiary/aromatic N) is 5. The molecule has 144 valence electrons. The zero-order valence-electron chi connectivity index (χ0n) is 16.6. The second kappa shape index (κ2) is 7.64. The molecule has 3 heterocycles. The number of allylic oxidation sites excluding steroid dienone is 1. The third-order valence-electron chi connectivity index (χ3n) is 4.89. The summed E-state index contributed by atoms with van der Waals surface area (Å²) in [5, 5.41) is 4.17. The minimum atomic E-state index is 0.255. The van der Waals surface area contributed by atoms with Crippen molar-refractivity contribution in [3.63, 3.8) is 0 Å². The Morgan fingerprint density at radius 3 is 2.61 bits per heavy atom. The molecule has 0 fully saturated rings. The van der Waals surface area contributed by atoms with Gasteiger partial charge in [-0.05, 0) is 24.8 Å². The molecule has 1 aliphatic rings. The van der Waals surface area contributed by atoms with Gasteiger partial charge in [-0.25, -0.2) is 9.97 Å². The Kier molecular flexibility index (Phi) is 5.05. The van der Waals surface area contributed by atoms with Crippen molar-refractivity contribution < 1.29 is 4.52 Å². The molecule has 0 radical (unpaired) electrons. The summed E-state index contributed by atoms with van der Waals surface area (Å²) in [6, 6.07) is 9.95. The summed E-state index contributed by atoms with van der Waals surface area (Å²) >= 11 is 0. The molecule has 0 spiro atoms. The van der Waals surface area contributed by atoms with Crippen LogP contribution in [-0.2, 0) is 6.54 Å². The highest BCUT2D eigenvalue weighted by atomic mass is 16.5. The van der Waals surface area contributed by atoms with Crippen molar-refractivity contribution in [3.8, 4) is 22.6 Å². The van der Waals surface area contributed by atoms with E-state index in [0.717, 1.165) is 42.2 Å². The summed E-state index contributed by atoms with van der Waals surface area (Å²) in [7, 11) is 0. The highest BCUT2D eigenvalue weighted by Gasteiger charge is 2.23. The molecule has 0 aliphatic carbocycles. The van der Waals surface area contributed by atoms with E-state index in [2.05, 4.69) is 51.0 Å². The van der Waals surface area contributed by atoms with Crippen LogP contribution >= 0.6 is 0 Å². The molecule has 0 N–H and O–H groups in total. The summed E-state index contributed by atoms with van der Waals surface area (Å²) in [6.07, 6.45) is 7.35. The van der Waals surface area contributed by atoms with Crippen LogP contribution < -0.4 is 0 Å². The van der Waals surface area contributed by atoms with Crippen LogP contribution in [0, 0.1) is 12.3 Å². The Hall–Kier alpha value is -2.86. The molecule has 0 saturated carbocycles. The molecule has 0 bridgehead atoms. The van der Waals surface area contributed by atoms with Crippen LogP contribution in [0.2, 0.25) is 0 Å². The largest absolute Gasteiger partial charge is 0.338 e. The zero-order valence-corrected chi connectivity index (χ0v) is 16.6. The van der Waals surface area contributed by atoms with Crippen molar-refractivity contribution in [1.82, 2.24) is 25.0 Å². The van der Waals surface area contributed by atoms with E-state index in [1.54, 1.807) is 6.20 Å². The standard InChI is InChI=1S/C22H25N5O/c1-16-23-12-10-19(24-16)17-6-8-18(9-7-17)21-25-20(28-26-21)14-27-13-5-4-11-22(2,3)15-27/h4-10,12H,11,13-15H2,1-3H3. The van der Waals surface area contributed by atoms with Crippen LogP contribution in [-0.4, -0.2) is 38.1 Å². The molecular formula is C22H25N5O. The van der Waals surface area contributed by atoms with Crippen LogP contribution in [0.3, 0.4) is 0 Å². The average molecular weight is 375 g/mol. The van der Waals surface area contributed by atoms with Gasteiger partial charge in [0.25, 0.3) is 0 Å². The molecule has 3 aromatic rings. The second-order valence-electron chi connectivity index (χ2n) is 8.09. The van der Waals surface area contributed by atoms with E-state index in [4.69, 9.17) is 4.52 Å². The summed E-state index contributed by atoms with van der Waals surface area (Å²) in [4.78, 5) is 15.6. The van der Waals surface area contributed by atoms with Crippen LogP contribution in [0.5, 0.6) is 0 Å². The maximum absolute atomic E-state index is 5.51. The molecule has 6 heteroatoms. The fourth-order valence-electron chi connectivity index (χ4n) is 3.52. The van der Waals surface area contributed by atoms with E-state index >= 15 is 0 Å². The Morgan fingerprint density at radius 2 is 1.82 bits per heavy atom. The van der Waals surface area contributed by atoms with Gasteiger partial charge in [-0.2, -0.15) is 4.98 Å². The average Bonchev–Trinajstić information content (AvgIpc) is 3.06. The molecule has 1 aliphatic heterocycles. The quantitative estimate of drug-likeness (QED) is 0.634. The maximum atomic E-state index is 5.51. The van der Waals surface area contributed by atoms with Crippen molar-refractivity contribution in [2.45, 2.75) is 33.7 Å². The molecule has 0 unspecified atom stereocenters. The zero-order chi connectivity index (χ0) is 19.6. The van der Waals surface area contributed by atoms with E-state index < -0.39 is 0 Å². The predicted molar refractivity (Wildman–Crippen MR) is 108 cm³/mol. The van der Waals surface area contributed by atoms with E-state index in [-0.39, 0.29) is 5.41 Å². The third kappa shape index (κ3) is 4.34. The first-order chi connectivity index (χ1) is 13.5. The molecule has 0 saturated heterocycles. The van der Waals surface area contributed by atoms with E-state index in [1.807, 2.05) is 37.3 Å². The Morgan fingerprint density at radius 1 is 1.04 bits per heavy atom. The number of rotatable bonds is 4. The van der Waals surface area contributed by atoms with Gasteiger partial charge in [-0.15, -0.1) is 0 Å². The SMILES string of the molecule is Cc1nccc(-c2ccc(-c3noc(CN4CC=CCC(C)(C)C4)n3)cc2)n1. The highest BCUT2D eigenvalue weighted by Crippen LogP contribution is 2.26. The summed E-state index contributed by atoms with van der Waals surface area (Å²) in [5.74, 6) is 2.03. The highest BCUT2D eigenvalue weighted by molar-refractivity contribution is 5.64. The lowest BCUT2D eigenvalue weighted by Gasteiger charge is -2.28. The fourth-order valence-corrected chi connectivity index (χ4v) is 3.52. The normalized spacial score (nSPS) is 16.8. The van der Waals surface area contributed by atoms with E-state index in [9.17, 15) is 0 Å². The van der Waals surface area contributed by atoms with Gasteiger partial charge in [0.1, 0.15) is 5.82 Å². The third-order valence-corrected chi connectivity index (χ3v) is 4.89. The van der Waals surface area contributed by atoms with Gasteiger partial charge >= 0.3 is 0 Å². The monoisotopic (exact) mass is 375 g/mol. The van der Waals surface area contributed by atoms with Crippen LogP contribution in [0.25, 0.3) is 22.6 Å². The van der Waals surface area contributed by atoms with Crippen LogP contribution in [0.15, 0.2) is 53.2 Å². The summed E-state index contributed by atoms with van der Waals surface area (Å²) in [6.45, 7) is 9.04. The van der Waals surface area contributed by atoms with Crippen LogP contribution in [0.1, 0.15) is 32.0 Å². The van der Waals surface area contributed by atoms with Crippen molar-refractivity contribution in [3.05, 3.63) is 60.4 Å². The first-order valence-corrected chi connectivity index (χ1v) is 9.59. The van der Waals surface area contributed by atoms with Crippen molar-refractivity contribution in [2.75, 3.05) is 13.1 Å². The van der Waals surface area contributed by atoms with Gasteiger partial charge in [0.05, 0.1) is 12.2 Å². The number of aryl methyl sites for hydroxylation is 1. The number of hydrogen-bond acceptors (Lipinski definition) is 6. The molecule has 4 rings (SSSR count). The van der Waals surface area contributed by atoms with Crippen molar-refractivity contribution >= 4 is 0 Å². The lowest BCUT2D eigenvalue weighted by Crippen LogP contribution is -2.32. The number of aromatic nitrogens is 4. The minimum Gasteiger partial charge on any atom is -0.338 e. The van der Waals surface area contributed by atoms with Gasteiger partial charge in [-0.1, -0.05) is 55.4 Å². The molecule has 0 amide bonds. The van der Waals surface area contributed by atoms with Gasteiger partial charge in [0.15, 0.2) is 0 Å². The van der Waals surface area contributed by atoms with E-state index in [1.165, 1.54) is 0 Å². The molecule has 1 aromatic carbocycles. The molecule has 28 heavy (non-hydrogen) atoms. The second-order valence-corrected chi connectivity index (χ2v) is 8.09. The van der Waals surface area contributed by atoms with Crippen molar-refractivity contribution in [1.29, 1.82) is 0 Å². The van der Waals surface area contributed by atoms with Crippen molar-refractivity contribution in [2.24, 2.45) is 5.41 Å². The smallest absolute Gasteiger partial charge is 0.241 e. The molecular weight excluding hydrogens is 350 g/mol. The van der Waals surface area contributed by atoms with Gasteiger partial charge in [-0.3, -0.25) is 4.90 Å². The first kappa shape index (κ1) is 18.5. The predicted octanol–water partition coefficient (Wildman–Crippen LogP) is 4.29. The Balaban J connectivity index is 1.47. The lowest BCUT2D eigenvalue weighted by atomic mass is 9.89. The lowest BCUT2D eigenvalue weighted by molar-refractivity contribution is 0.176. The Bertz CT molecular complexity index is 975. The summed E-state index contributed by atoms with van der Waals surface area (Å²) in [5.41, 5.74) is 3.13. The molecule has 2 aromatic heterocycles. The minimum absolute atomic E-state index is 0.255. The van der Waals surface area contributed by atoms with E-state index in [0.29, 0.717) is 18.3 Å². The number of hydrogen-bond donors (Lipinski definition) is 0.